The zero-order valence-electron chi connectivity index (χ0n) is 7.04. The van der Waals surface area contributed by atoms with Gasteiger partial charge in [-0.1, -0.05) is 30.3 Å². The molecule has 1 atom stereocenters. The van der Waals surface area contributed by atoms with Crippen molar-refractivity contribution in [2.24, 2.45) is 0 Å². The molecule has 1 aromatic rings. The monoisotopic (exact) mass is 200 g/mol. The summed E-state index contributed by atoms with van der Waals surface area (Å²) >= 11 is 5.51. The van der Waals surface area contributed by atoms with Crippen LogP contribution in [-0.2, 0) is 0 Å². The number of rotatable bonds is 4. The number of carbonyl (C=O) groups is 1. The molecule has 0 aromatic heterocycles. The fourth-order valence-corrected chi connectivity index (χ4v) is 1.14. The Morgan fingerprint density at radius 2 is 2.00 bits per heavy atom. The summed E-state index contributed by atoms with van der Waals surface area (Å²) in [7, 11) is 0. The van der Waals surface area contributed by atoms with Crippen molar-refractivity contribution in [2.75, 3.05) is 6.67 Å². The third-order valence-electron chi connectivity index (χ3n) is 1.67. The van der Waals surface area contributed by atoms with Gasteiger partial charge in [-0.15, -0.1) is 11.6 Å². The highest BCUT2D eigenvalue weighted by Gasteiger charge is 2.11. The Morgan fingerprint density at radius 3 is 2.54 bits per heavy atom. The SMILES string of the molecule is O=C(CC(Cl)CF)c1ccccc1. The molecule has 1 aromatic carbocycles. The number of carbonyl (C=O) groups excluding carboxylic acids is 1. The quantitative estimate of drug-likeness (QED) is 0.540. The standard InChI is InChI=1S/C10H10ClFO/c11-9(7-12)6-10(13)8-4-2-1-3-5-8/h1-5,9H,6-7H2. The second-order valence-corrected chi connectivity index (χ2v) is 3.36. The molecule has 70 valence electrons. The Labute approximate surface area is 81.5 Å². The lowest BCUT2D eigenvalue weighted by molar-refractivity contribution is 0.0978. The van der Waals surface area contributed by atoms with Crippen LogP contribution in [0.25, 0.3) is 0 Å². The first kappa shape index (κ1) is 10.2. The van der Waals surface area contributed by atoms with Gasteiger partial charge in [-0.2, -0.15) is 0 Å². The molecule has 0 heterocycles. The maximum absolute atomic E-state index is 12.0. The number of hydrogen-bond acceptors (Lipinski definition) is 1. The molecule has 3 heteroatoms. The molecule has 1 rings (SSSR count). The summed E-state index contributed by atoms with van der Waals surface area (Å²) in [6.07, 6.45) is 0.0576. The van der Waals surface area contributed by atoms with E-state index in [1.54, 1.807) is 24.3 Å². The van der Waals surface area contributed by atoms with E-state index in [2.05, 4.69) is 0 Å². The number of benzene rings is 1. The third kappa shape index (κ3) is 3.15. The van der Waals surface area contributed by atoms with Gasteiger partial charge >= 0.3 is 0 Å². The Balaban J connectivity index is 2.59. The van der Waals surface area contributed by atoms with Crippen molar-refractivity contribution in [1.29, 1.82) is 0 Å². The summed E-state index contributed by atoms with van der Waals surface area (Å²) in [5.41, 5.74) is 0.585. The molecule has 0 N–H and O–H groups in total. The van der Waals surface area contributed by atoms with Crippen molar-refractivity contribution < 1.29 is 9.18 Å². The van der Waals surface area contributed by atoms with Gasteiger partial charge in [0.25, 0.3) is 0 Å². The molecule has 1 nitrogen and oxygen atoms in total. The Hall–Kier alpha value is -0.890. The van der Waals surface area contributed by atoms with E-state index in [1.165, 1.54) is 0 Å². The highest BCUT2D eigenvalue weighted by molar-refractivity contribution is 6.22. The third-order valence-corrected chi connectivity index (χ3v) is 1.94. The number of halogens is 2. The van der Waals surface area contributed by atoms with Gasteiger partial charge < -0.3 is 0 Å². The van der Waals surface area contributed by atoms with Crippen molar-refractivity contribution in [1.82, 2.24) is 0 Å². The van der Waals surface area contributed by atoms with E-state index >= 15 is 0 Å². The molecule has 13 heavy (non-hydrogen) atoms. The van der Waals surface area contributed by atoms with Crippen LogP contribution >= 0.6 is 11.6 Å². The first-order valence-electron chi connectivity index (χ1n) is 4.02. The van der Waals surface area contributed by atoms with Crippen molar-refractivity contribution in [2.45, 2.75) is 11.8 Å². The van der Waals surface area contributed by atoms with Crippen LogP contribution in [0.15, 0.2) is 30.3 Å². The van der Waals surface area contributed by atoms with Crippen molar-refractivity contribution in [3.63, 3.8) is 0 Å². The normalized spacial score (nSPS) is 12.5. The van der Waals surface area contributed by atoms with E-state index in [9.17, 15) is 9.18 Å². The fourth-order valence-electron chi connectivity index (χ4n) is 0.998. The Kier molecular flexibility index (Phi) is 3.90. The van der Waals surface area contributed by atoms with E-state index < -0.39 is 12.1 Å². The van der Waals surface area contributed by atoms with Gasteiger partial charge in [0, 0.05) is 12.0 Å². The average Bonchev–Trinajstić information content (AvgIpc) is 2.19. The minimum absolute atomic E-state index is 0.0576. The van der Waals surface area contributed by atoms with Crippen molar-refractivity contribution in [3.05, 3.63) is 35.9 Å². The highest BCUT2D eigenvalue weighted by atomic mass is 35.5. The predicted molar refractivity (Wildman–Crippen MR) is 51.0 cm³/mol. The summed E-state index contributed by atoms with van der Waals surface area (Å²) in [5.74, 6) is -0.113. The second kappa shape index (κ2) is 4.97. The number of alkyl halides is 2. The Bertz CT molecular complexity index is 274. The minimum Gasteiger partial charge on any atom is -0.294 e. The number of hydrogen-bond donors (Lipinski definition) is 0. The first-order valence-corrected chi connectivity index (χ1v) is 4.46. The van der Waals surface area contributed by atoms with E-state index in [0.29, 0.717) is 5.56 Å². The smallest absolute Gasteiger partial charge is 0.164 e. The lowest BCUT2D eigenvalue weighted by Gasteiger charge is -2.02. The molecule has 0 fully saturated rings. The van der Waals surface area contributed by atoms with Crippen LogP contribution in [0, 0.1) is 0 Å². The van der Waals surface area contributed by atoms with Gasteiger partial charge in [0.05, 0.1) is 5.38 Å². The molecule has 0 bridgehead atoms. The van der Waals surface area contributed by atoms with Gasteiger partial charge in [0.1, 0.15) is 6.67 Å². The predicted octanol–water partition coefficient (Wildman–Crippen LogP) is 2.84. The van der Waals surface area contributed by atoms with Crippen LogP contribution in [0.4, 0.5) is 4.39 Å². The Morgan fingerprint density at radius 1 is 1.38 bits per heavy atom. The van der Waals surface area contributed by atoms with Crippen LogP contribution in [0.5, 0.6) is 0 Å². The van der Waals surface area contributed by atoms with Crippen LogP contribution in [0.3, 0.4) is 0 Å². The summed E-state index contributed by atoms with van der Waals surface area (Å²) in [6.45, 7) is -0.667. The molecule has 0 aliphatic rings. The maximum Gasteiger partial charge on any atom is 0.164 e. The first-order chi connectivity index (χ1) is 6.24. The van der Waals surface area contributed by atoms with Gasteiger partial charge in [0.2, 0.25) is 0 Å². The zero-order chi connectivity index (χ0) is 9.68. The summed E-state index contributed by atoms with van der Waals surface area (Å²) < 4.78 is 12.0. The van der Waals surface area contributed by atoms with Gasteiger partial charge in [-0.3, -0.25) is 4.79 Å². The van der Waals surface area contributed by atoms with E-state index in [4.69, 9.17) is 11.6 Å². The van der Waals surface area contributed by atoms with Crippen LogP contribution in [-0.4, -0.2) is 17.8 Å². The largest absolute Gasteiger partial charge is 0.294 e. The lowest BCUT2D eigenvalue weighted by atomic mass is 10.1. The molecular weight excluding hydrogens is 191 g/mol. The topological polar surface area (TPSA) is 17.1 Å². The molecule has 0 aliphatic heterocycles. The molecule has 0 saturated carbocycles. The summed E-state index contributed by atoms with van der Waals surface area (Å²) in [6, 6.07) is 8.76. The van der Waals surface area contributed by atoms with E-state index in [1.807, 2.05) is 6.07 Å². The summed E-state index contributed by atoms with van der Waals surface area (Å²) in [5, 5.41) is -0.701. The van der Waals surface area contributed by atoms with E-state index in [0.717, 1.165) is 0 Å². The molecule has 0 radical (unpaired) electrons. The van der Waals surface area contributed by atoms with Gasteiger partial charge in [-0.25, -0.2) is 4.39 Å². The zero-order valence-corrected chi connectivity index (χ0v) is 7.80. The fraction of sp³-hybridized carbons (Fsp3) is 0.300. The molecule has 1 unspecified atom stereocenters. The highest BCUT2D eigenvalue weighted by Crippen LogP contribution is 2.09. The lowest BCUT2D eigenvalue weighted by Crippen LogP contribution is -2.09. The van der Waals surface area contributed by atoms with Crippen LogP contribution < -0.4 is 0 Å². The molecule has 0 amide bonds. The van der Waals surface area contributed by atoms with E-state index in [-0.39, 0.29) is 12.2 Å². The molecule has 0 saturated heterocycles. The minimum atomic E-state index is -0.701. The van der Waals surface area contributed by atoms with Crippen molar-refractivity contribution in [3.8, 4) is 0 Å². The van der Waals surface area contributed by atoms with Crippen molar-refractivity contribution >= 4 is 17.4 Å². The van der Waals surface area contributed by atoms with Gasteiger partial charge in [-0.05, 0) is 0 Å². The van der Waals surface area contributed by atoms with Gasteiger partial charge in [0.15, 0.2) is 5.78 Å². The molecule has 0 aliphatic carbocycles. The van der Waals surface area contributed by atoms with Crippen LogP contribution in [0.2, 0.25) is 0 Å². The van der Waals surface area contributed by atoms with Crippen LogP contribution in [0.1, 0.15) is 16.8 Å². The summed E-state index contributed by atoms with van der Waals surface area (Å²) in [4.78, 5) is 11.4. The second-order valence-electron chi connectivity index (χ2n) is 2.74. The average molecular weight is 201 g/mol. The maximum atomic E-state index is 12.0. The molecular formula is C10H10ClFO. The molecule has 0 spiro atoms. The number of ketones is 1. The number of Topliss-reactive ketones (excluding diaryl/α,β-unsaturated/α-hetero) is 1.